The Morgan fingerprint density at radius 2 is 1.30 bits per heavy atom. The summed E-state index contributed by atoms with van der Waals surface area (Å²) in [5.41, 5.74) is 5.47. The number of benzene rings is 2. The van der Waals surface area contributed by atoms with Crippen LogP contribution in [0.3, 0.4) is 0 Å². The van der Waals surface area contributed by atoms with Gasteiger partial charge in [0, 0.05) is 16.7 Å². The van der Waals surface area contributed by atoms with E-state index in [1.807, 2.05) is 0 Å². The second kappa shape index (κ2) is 9.62. The van der Waals surface area contributed by atoms with Crippen molar-refractivity contribution in [3.05, 3.63) is 64.2 Å². The molecular weight excluding hydrogens is 406 g/mol. The van der Waals surface area contributed by atoms with E-state index in [2.05, 4.69) is 113 Å². The van der Waals surface area contributed by atoms with Crippen molar-refractivity contribution in [2.24, 2.45) is 10.9 Å². The van der Waals surface area contributed by atoms with Crippen molar-refractivity contribution in [2.45, 2.75) is 98.4 Å². The summed E-state index contributed by atoms with van der Waals surface area (Å²) in [6.07, 6.45) is 0. The highest BCUT2D eigenvalue weighted by Gasteiger charge is 2.28. The summed E-state index contributed by atoms with van der Waals surface area (Å²) in [6, 6.07) is 12.4. The van der Waals surface area contributed by atoms with Crippen molar-refractivity contribution >= 4 is 5.71 Å². The average molecular weight is 452 g/mol. The Hall–Kier alpha value is -2.13. The molecule has 33 heavy (non-hydrogen) atoms. The molecule has 0 spiro atoms. The van der Waals surface area contributed by atoms with Crippen molar-refractivity contribution in [3.8, 4) is 5.75 Å². The standard InChI is InChI=1S/C30H45NO2/c1-19(2)25(18-32)31-26(20-12-14-21(15-13-20)28(3,4)5)23-16-22(29(6,7)8)17-24(27(23)33)30(9,10)11/h12-17,19,25,32-33H,18H2,1-11H3/t25-/m1/s1. The Labute approximate surface area is 202 Å². The van der Waals surface area contributed by atoms with Gasteiger partial charge in [-0.2, -0.15) is 0 Å². The zero-order valence-corrected chi connectivity index (χ0v) is 22.7. The second-order valence-electron chi connectivity index (χ2n) is 12.7. The normalized spacial score (nSPS) is 14.6. The summed E-state index contributed by atoms with van der Waals surface area (Å²) in [5, 5.41) is 21.6. The van der Waals surface area contributed by atoms with Crippen LogP contribution >= 0.6 is 0 Å². The molecule has 1 atom stereocenters. The lowest BCUT2D eigenvalue weighted by Crippen LogP contribution is -2.23. The molecule has 3 heteroatoms. The van der Waals surface area contributed by atoms with Crippen LogP contribution in [0.4, 0.5) is 0 Å². The molecule has 0 aromatic heterocycles. The van der Waals surface area contributed by atoms with Gasteiger partial charge in [-0.3, -0.25) is 4.99 Å². The molecule has 0 heterocycles. The molecule has 0 saturated heterocycles. The Balaban J connectivity index is 2.89. The first-order valence-corrected chi connectivity index (χ1v) is 12.1. The zero-order valence-electron chi connectivity index (χ0n) is 22.7. The van der Waals surface area contributed by atoms with Gasteiger partial charge in [0.05, 0.1) is 18.4 Å². The van der Waals surface area contributed by atoms with Crippen LogP contribution in [0, 0.1) is 5.92 Å². The van der Waals surface area contributed by atoms with E-state index in [0.29, 0.717) is 0 Å². The average Bonchev–Trinajstić information content (AvgIpc) is 2.67. The molecule has 3 nitrogen and oxygen atoms in total. The van der Waals surface area contributed by atoms with Gasteiger partial charge >= 0.3 is 0 Å². The highest BCUT2D eigenvalue weighted by atomic mass is 16.3. The van der Waals surface area contributed by atoms with Gasteiger partial charge in [-0.15, -0.1) is 0 Å². The van der Waals surface area contributed by atoms with E-state index in [1.54, 1.807) is 0 Å². The van der Waals surface area contributed by atoms with Crippen LogP contribution in [0.15, 0.2) is 41.4 Å². The van der Waals surface area contributed by atoms with Gasteiger partial charge in [0.2, 0.25) is 0 Å². The third-order valence-electron chi connectivity index (χ3n) is 6.31. The van der Waals surface area contributed by atoms with E-state index in [1.165, 1.54) is 5.56 Å². The zero-order chi connectivity index (χ0) is 25.4. The van der Waals surface area contributed by atoms with E-state index in [9.17, 15) is 10.2 Å². The number of phenols is 1. The molecule has 2 N–H and O–H groups in total. The first-order valence-electron chi connectivity index (χ1n) is 12.1. The molecule has 0 bridgehead atoms. The predicted molar refractivity (Wildman–Crippen MR) is 142 cm³/mol. The molecule has 0 fully saturated rings. The molecule has 2 rings (SSSR count). The number of aliphatic imine (C=N–C) groups is 1. The molecule has 0 amide bonds. The molecule has 0 aliphatic carbocycles. The number of nitrogens with zero attached hydrogens (tertiary/aromatic N) is 1. The number of hydrogen-bond donors (Lipinski definition) is 2. The maximum Gasteiger partial charge on any atom is 0.128 e. The SMILES string of the molecule is CC(C)[C@@H](CO)N=C(c1ccc(C(C)(C)C)cc1)c1cc(C(C)(C)C)cc(C(C)(C)C)c1O. The summed E-state index contributed by atoms with van der Waals surface area (Å²) >= 11 is 0. The highest BCUT2D eigenvalue weighted by Crippen LogP contribution is 2.39. The monoisotopic (exact) mass is 451 g/mol. The third-order valence-corrected chi connectivity index (χ3v) is 6.31. The summed E-state index contributed by atoms with van der Waals surface area (Å²) in [7, 11) is 0. The van der Waals surface area contributed by atoms with Crippen molar-refractivity contribution < 1.29 is 10.2 Å². The Bertz CT molecular complexity index is 978. The predicted octanol–water partition coefficient (Wildman–Crippen LogP) is 7.14. The molecule has 182 valence electrons. The van der Waals surface area contributed by atoms with E-state index >= 15 is 0 Å². The Kier molecular flexibility index (Phi) is 7.91. The van der Waals surface area contributed by atoms with Crippen LogP contribution in [-0.2, 0) is 16.2 Å². The lowest BCUT2D eigenvalue weighted by atomic mass is 9.78. The minimum absolute atomic E-state index is 0.0346. The van der Waals surface area contributed by atoms with Gasteiger partial charge in [-0.25, -0.2) is 0 Å². The molecule has 0 unspecified atom stereocenters. The summed E-state index contributed by atoms with van der Waals surface area (Å²) in [4.78, 5) is 5.04. The maximum atomic E-state index is 11.5. The van der Waals surface area contributed by atoms with Crippen LogP contribution in [-0.4, -0.2) is 28.6 Å². The molecule has 0 aliphatic rings. The van der Waals surface area contributed by atoms with Crippen LogP contribution in [0.5, 0.6) is 5.75 Å². The molecular formula is C30H45NO2. The number of rotatable bonds is 5. The van der Waals surface area contributed by atoms with E-state index in [4.69, 9.17) is 4.99 Å². The molecule has 2 aromatic carbocycles. The van der Waals surface area contributed by atoms with Crippen molar-refractivity contribution in [1.82, 2.24) is 0 Å². The lowest BCUT2D eigenvalue weighted by Gasteiger charge is -2.28. The van der Waals surface area contributed by atoms with Crippen LogP contribution in [0.1, 0.15) is 104 Å². The minimum Gasteiger partial charge on any atom is -0.507 e. The van der Waals surface area contributed by atoms with Crippen molar-refractivity contribution in [3.63, 3.8) is 0 Å². The van der Waals surface area contributed by atoms with E-state index < -0.39 is 0 Å². The van der Waals surface area contributed by atoms with E-state index in [0.717, 1.165) is 28.0 Å². The topological polar surface area (TPSA) is 52.8 Å². The smallest absolute Gasteiger partial charge is 0.128 e. The number of phenolic OH excluding ortho intramolecular Hbond substituents is 1. The van der Waals surface area contributed by atoms with Crippen molar-refractivity contribution in [2.75, 3.05) is 6.61 Å². The van der Waals surface area contributed by atoms with E-state index in [-0.39, 0.29) is 40.6 Å². The van der Waals surface area contributed by atoms with Gasteiger partial charge in [0.25, 0.3) is 0 Å². The number of aromatic hydroxyl groups is 1. The summed E-state index contributed by atoms with van der Waals surface area (Å²) in [6.45, 7) is 23.6. The molecule has 0 aliphatic heterocycles. The quantitative estimate of drug-likeness (QED) is 0.475. The fourth-order valence-electron chi connectivity index (χ4n) is 3.81. The van der Waals surface area contributed by atoms with Crippen LogP contribution in [0.2, 0.25) is 0 Å². The second-order valence-corrected chi connectivity index (χ2v) is 12.7. The summed E-state index contributed by atoms with van der Waals surface area (Å²) < 4.78 is 0. The highest BCUT2D eigenvalue weighted by molar-refractivity contribution is 6.15. The van der Waals surface area contributed by atoms with Gasteiger partial charge in [0.1, 0.15) is 5.75 Å². The van der Waals surface area contributed by atoms with Crippen LogP contribution in [0.25, 0.3) is 0 Å². The van der Waals surface area contributed by atoms with Gasteiger partial charge in [0.15, 0.2) is 0 Å². The first kappa shape index (κ1) is 27.1. The molecule has 0 saturated carbocycles. The third kappa shape index (κ3) is 6.47. The van der Waals surface area contributed by atoms with Crippen LogP contribution < -0.4 is 0 Å². The van der Waals surface area contributed by atoms with Gasteiger partial charge < -0.3 is 10.2 Å². The van der Waals surface area contributed by atoms with Crippen molar-refractivity contribution in [1.29, 1.82) is 0 Å². The fourth-order valence-corrected chi connectivity index (χ4v) is 3.81. The number of aliphatic hydroxyl groups is 1. The Morgan fingerprint density at radius 1 is 0.788 bits per heavy atom. The minimum atomic E-state index is -0.252. The summed E-state index contributed by atoms with van der Waals surface area (Å²) in [5.74, 6) is 0.448. The van der Waals surface area contributed by atoms with Gasteiger partial charge in [-0.1, -0.05) is 106 Å². The van der Waals surface area contributed by atoms with Gasteiger partial charge in [-0.05, 0) is 39.4 Å². The fraction of sp³-hybridized carbons (Fsp3) is 0.567. The molecule has 2 aromatic rings. The first-order chi connectivity index (χ1) is 15.0. The molecule has 0 radical (unpaired) electrons. The Morgan fingerprint density at radius 3 is 1.70 bits per heavy atom. The number of aliphatic hydroxyl groups excluding tert-OH is 1. The maximum absolute atomic E-state index is 11.5. The largest absolute Gasteiger partial charge is 0.507 e. The lowest BCUT2D eigenvalue weighted by molar-refractivity contribution is 0.240. The number of hydrogen-bond acceptors (Lipinski definition) is 3.